The van der Waals surface area contributed by atoms with Gasteiger partial charge in [-0.2, -0.15) is 16.9 Å². The molecule has 0 aromatic carbocycles. The van der Waals surface area contributed by atoms with E-state index in [1.54, 1.807) is 23.4 Å². The summed E-state index contributed by atoms with van der Waals surface area (Å²) in [6.45, 7) is 8.63. The molecule has 1 rings (SSSR count). The van der Waals surface area contributed by atoms with Crippen LogP contribution in [-0.4, -0.2) is 49.8 Å². The summed E-state index contributed by atoms with van der Waals surface area (Å²) in [5, 5.41) is 7.62. The molecule has 1 heterocycles. The highest BCUT2D eigenvalue weighted by Gasteiger charge is 2.23. The Morgan fingerprint density at radius 3 is 2.62 bits per heavy atom. The van der Waals surface area contributed by atoms with Crippen molar-refractivity contribution in [3.05, 3.63) is 11.4 Å². The van der Waals surface area contributed by atoms with E-state index in [0.29, 0.717) is 22.8 Å². The van der Waals surface area contributed by atoms with E-state index >= 15 is 0 Å². The van der Waals surface area contributed by atoms with E-state index in [-0.39, 0.29) is 0 Å². The first-order valence-electron chi connectivity index (χ1n) is 7.17. The van der Waals surface area contributed by atoms with Gasteiger partial charge in [0.05, 0.1) is 11.4 Å². The normalized spacial score (nSPS) is 12.0. The fourth-order valence-corrected chi connectivity index (χ4v) is 4.04. The molecule has 0 radical (unpaired) electrons. The summed E-state index contributed by atoms with van der Waals surface area (Å²) in [6.07, 6.45) is 2.88. The molecule has 0 spiro atoms. The first-order chi connectivity index (χ1) is 9.94. The van der Waals surface area contributed by atoms with Crippen molar-refractivity contribution in [2.24, 2.45) is 0 Å². The van der Waals surface area contributed by atoms with Gasteiger partial charge in [-0.3, -0.25) is 4.68 Å². The Bertz CT molecular complexity index is 541. The summed E-state index contributed by atoms with van der Waals surface area (Å²) in [7, 11) is -3.47. The van der Waals surface area contributed by atoms with Gasteiger partial charge in [0.2, 0.25) is 10.0 Å². The van der Waals surface area contributed by atoms with Crippen LogP contribution in [0.25, 0.3) is 0 Å². The molecule has 1 aromatic heterocycles. The molecule has 0 bridgehead atoms. The Labute approximate surface area is 132 Å². The van der Waals surface area contributed by atoms with E-state index in [2.05, 4.69) is 22.1 Å². The molecule has 122 valence electrons. The second-order valence-corrected chi connectivity index (χ2v) is 7.51. The third-order valence-corrected chi connectivity index (χ3v) is 5.48. The van der Waals surface area contributed by atoms with Crippen molar-refractivity contribution in [2.75, 3.05) is 31.6 Å². The number of thioether (sulfide) groups is 1. The highest BCUT2D eigenvalue weighted by atomic mass is 32.2. The molecule has 0 fully saturated rings. The number of rotatable bonds is 10. The van der Waals surface area contributed by atoms with Crippen molar-refractivity contribution in [3.8, 4) is 0 Å². The van der Waals surface area contributed by atoms with Crippen LogP contribution in [0.1, 0.15) is 24.7 Å². The summed E-state index contributed by atoms with van der Waals surface area (Å²) in [6, 6.07) is 0. The van der Waals surface area contributed by atoms with E-state index < -0.39 is 10.0 Å². The maximum absolute atomic E-state index is 12.4. The van der Waals surface area contributed by atoms with E-state index in [4.69, 9.17) is 0 Å². The SMILES string of the molecule is CCNCCCn1nc(C)c(S(=O)(=O)NCCSC)c1C. The third-order valence-electron chi connectivity index (χ3n) is 3.16. The smallest absolute Gasteiger partial charge is 0.244 e. The molecule has 0 atom stereocenters. The van der Waals surface area contributed by atoms with E-state index in [0.717, 1.165) is 31.8 Å². The average molecular weight is 335 g/mol. The molecule has 0 aliphatic carbocycles. The van der Waals surface area contributed by atoms with Gasteiger partial charge in [-0.1, -0.05) is 6.92 Å². The molecule has 0 unspecified atom stereocenters. The number of aryl methyl sites for hydroxylation is 2. The predicted molar refractivity (Wildman–Crippen MR) is 88.4 cm³/mol. The molecule has 0 amide bonds. The van der Waals surface area contributed by atoms with Gasteiger partial charge in [0, 0.05) is 18.8 Å². The standard InChI is InChI=1S/C13H26N4O2S2/c1-5-14-7-6-9-17-12(3)13(11(2)16-17)21(18,19)15-8-10-20-4/h14-15H,5-10H2,1-4H3. The first-order valence-corrected chi connectivity index (χ1v) is 10.0. The molecular weight excluding hydrogens is 308 g/mol. The lowest BCUT2D eigenvalue weighted by Gasteiger charge is -2.08. The molecule has 6 nitrogen and oxygen atoms in total. The molecule has 8 heteroatoms. The Morgan fingerprint density at radius 2 is 2.00 bits per heavy atom. The number of hydrogen-bond donors (Lipinski definition) is 2. The molecule has 21 heavy (non-hydrogen) atoms. The van der Waals surface area contributed by atoms with Crippen molar-refractivity contribution in [3.63, 3.8) is 0 Å². The van der Waals surface area contributed by atoms with E-state index in [9.17, 15) is 8.42 Å². The third kappa shape index (κ3) is 5.28. The fourth-order valence-electron chi connectivity index (χ4n) is 2.17. The molecule has 0 saturated carbocycles. The number of aromatic nitrogens is 2. The molecule has 0 saturated heterocycles. The van der Waals surface area contributed by atoms with Crippen LogP contribution in [0, 0.1) is 13.8 Å². The summed E-state index contributed by atoms with van der Waals surface area (Å²) in [4.78, 5) is 0.326. The van der Waals surface area contributed by atoms with Crippen LogP contribution in [-0.2, 0) is 16.6 Å². The van der Waals surface area contributed by atoms with Crippen LogP contribution in [0.3, 0.4) is 0 Å². The lowest BCUT2D eigenvalue weighted by Crippen LogP contribution is -2.27. The summed E-state index contributed by atoms with van der Waals surface area (Å²) < 4.78 is 29.1. The number of hydrogen-bond acceptors (Lipinski definition) is 5. The van der Waals surface area contributed by atoms with E-state index in [1.165, 1.54) is 0 Å². The van der Waals surface area contributed by atoms with Crippen molar-refractivity contribution < 1.29 is 8.42 Å². The van der Waals surface area contributed by atoms with Crippen LogP contribution in [0.5, 0.6) is 0 Å². The zero-order valence-corrected chi connectivity index (χ0v) is 14.9. The molecule has 0 aliphatic rings. The molecule has 0 aliphatic heterocycles. The molecule has 1 aromatic rings. The molecule has 2 N–H and O–H groups in total. The summed E-state index contributed by atoms with van der Waals surface area (Å²) >= 11 is 1.61. The Balaban J connectivity index is 2.81. The largest absolute Gasteiger partial charge is 0.317 e. The van der Waals surface area contributed by atoms with Gasteiger partial charge in [-0.05, 0) is 39.6 Å². The second kappa shape index (κ2) is 8.77. The van der Waals surface area contributed by atoms with Gasteiger partial charge >= 0.3 is 0 Å². The zero-order valence-electron chi connectivity index (χ0n) is 13.3. The van der Waals surface area contributed by atoms with Gasteiger partial charge in [-0.15, -0.1) is 0 Å². The lowest BCUT2D eigenvalue weighted by atomic mass is 10.4. The monoisotopic (exact) mass is 334 g/mol. The van der Waals surface area contributed by atoms with Crippen molar-refractivity contribution in [2.45, 2.75) is 38.6 Å². The fraction of sp³-hybridized carbons (Fsp3) is 0.769. The van der Waals surface area contributed by atoms with E-state index in [1.807, 2.05) is 13.2 Å². The zero-order chi connectivity index (χ0) is 15.9. The lowest BCUT2D eigenvalue weighted by molar-refractivity contribution is 0.536. The van der Waals surface area contributed by atoms with Gasteiger partial charge in [0.25, 0.3) is 0 Å². The Morgan fingerprint density at radius 1 is 1.29 bits per heavy atom. The van der Waals surface area contributed by atoms with Crippen LogP contribution in [0.2, 0.25) is 0 Å². The van der Waals surface area contributed by atoms with Crippen LogP contribution in [0.15, 0.2) is 4.90 Å². The minimum Gasteiger partial charge on any atom is -0.317 e. The molecular formula is C13H26N4O2S2. The first kappa shape index (κ1) is 18.5. The van der Waals surface area contributed by atoms with Crippen molar-refractivity contribution in [1.29, 1.82) is 0 Å². The topological polar surface area (TPSA) is 76.0 Å². The van der Waals surface area contributed by atoms with Crippen molar-refractivity contribution in [1.82, 2.24) is 19.8 Å². The quantitative estimate of drug-likeness (QED) is 0.628. The summed E-state index contributed by atoms with van der Waals surface area (Å²) in [5.41, 5.74) is 1.27. The maximum Gasteiger partial charge on any atom is 0.244 e. The Kier molecular flexibility index (Phi) is 7.72. The van der Waals surface area contributed by atoms with Gasteiger partial charge in [0.1, 0.15) is 4.90 Å². The van der Waals surface area contributed by atoms with Gasteiger partial charge in [-0.25, -0.2) is 13.1 Å². The summed E-state index contributed by atoms with van der Waals surface area (Å²) in [5.74, 6) is 0.758. The van der Waals surface area contributed by atoms with Crippen LogP contribution < -0.4 is 10.0 Å². The predicted octanol–water partition coefficient (Wildman–Crippen LogP) is 1.14. The van der Waals surface area contributed by atoms with Crippen molar-refractivity contribution >= 4 is 21.8 Å². The highest BCUT2D eigenvalue weighted by molar-refractivity contribution is 7.98. The Hall–Kier alpha value is -0.570. The number of sulfonamides is 1. The number of nitrogens with zero attached hydrogens (tertiary/aromatic N) is 2. The average Bonchev–Trinajstić information content (AvgIpc) is 2.70. The minimum atomic E-state index is -3.47. The van der Waals surface area contributed by atoms with Gasteiger partial charge in [0.15, 0.2) is 0 Å². The van der Waals surface area contributed by atoms with Gasteiger partial charge < -0.3 is 5.32 Å². The van der Waals surface area contributed by atoms with Crippen LogP contribution in [0.4, 0.5) is 0 Å². The highest BCUT2D eigenvalue weighted by Crippen LogP contribution is 2.19. The van der Waals surface area contributed by atoms with Crippen LogP contribution >= 0.6 is 11.8 Å². The second-order valence-electron chi connectivity index (χ2n) is 4.82. The number of nitrogens with one attached hydrogen (secondary N) is 2. The minimum absolute atomic E-state index is 0.326. The maximum atomic E-state index is 12.4.